The molecule has 0 aliphatic carbocycles. The van der Waals surface area contributed by atoms with Crippen LogP contribution in [0.5, 0.6) is 11.5 Å². The molecule has 0 bridgehead atoms. The highest BCUT2D eigenvalue weighted by Crippen LogP contribution is 2.49. The fourth-order valence-electron chi connectivity index (χ4n) is 5.82. The second-order valence-electron chi connectivity index (χ2n) is 11.2. The number of morpholine rings is 1. The monoisotopic (exact) mass is 484 g/mol. The number of ether oxygens (including phenoxy) is 2. The molecular formula is C29H44N2O4. The minimum Gasteiger partial charge on any atom is -0.507 e. The molecule has 1 aromatic rings. The molecule has 0 saturated carbocycles. The fourth-order valence-corrected chi connectivity index (χ4v) is 5.82. The van der Waals surface area contributed by atoms with E-state index in [-0.39, 0.29) is 11.7 Å². The van der Waals surface area contributed by atoms with E-state index in [1.807, 2.05) is 11.0 Å². The maximum atomic E-state index is 13.2. The summed E-state index contributed by atoms with van der Waals surface area (Å²) in [4.78, 5) is 17.3. The van der Waals surface area contributed by atoms with Crippen molar-refractivity contribution >= 4 is 11.5 Å². The van der Waals surface area contributed by atoms with Crippen molar-refractivity contribution in [3.63, 3.8) is 0 Å². The van der Waals surface area contributed by atoms with Gasteiger partial charge in [-0.05, 0) is 60.9 Å². The Morgan fingerprint density at radius 2 is 1.89 bits per heavy atom. The second kappa shape index (κ2) is 10.9. The van der Waals surface area contributed by atoms with Crippen LogP contribution in [0.4, 0.5) is 0 Å². The minimum atomic E-state index is -0.456. The topological polar surface area (TPSA) is 62.2 Å². The molecule has 1 saturated heterocycles. The number of aromatic hydroxyl groups is 1. The van der Waals surface area contributed by atoms with Crippen LogP contribution in [0.15, 0.2) is 17.7 Å². The van der Waals surface area contributed by atoms with Gasteiger partial charge in [0, 0.05) is 26.2 Å². The van der Waals surface area contributed by atoms with Gasteiger partial charge in [-0.25, -0.2) is 0 Å². The van der Waals surface area contributed by atoms with Gasteiger partial charge in [0.1, 0.15) is 17.1 Å². The second-order valence-corrected chi connectivity index (χ2v) is 11.2. The molecule has 6 nitrogen and oxygen atoms in total. The molecule has 1 N–H and O–H groups in total. The van der Waals surface area contributed by atoms with Crippen molar-refractivity contribution in [2.24, 2.45) is 5.92 Å². The molecule has 6 heteroatoms. The van der Waals surface area contributed by atoms with Crippen LogP contribution in [0.25, 0.3) is 5.57 Å². The molecule has 3 aliphatic rings. The highest BCUT2D eigenvalue weighted by atomic mass is 16.5. The van der Waals surface area contributed by atoms with Crippen LogP contribution in [0.3, 0.4) is 0 Å². The lowest BCUT2D eigenvalue weighted by atomic mass is 9.79. The quantitative estimate of drug-likeness (QED) is 0.514. The number of carbonyl (C=O) groups excluding carboxylic acids is 1. The maximum Gasteiger partial charge on any atom is 0.237 e. The van der Waals surface area contributed by atoms with E-state index in [2.05, 4.69) is 45.6 Å². The van der Waals surface area contributed by atoms with Crippen molar-refractivity contribution in [1.82, 2.24) is 9.80 Å². The Balaban J connectivity index is 1.56. The zero-order chi connectivity index (χ0) is 25.2. The Labute approximate surface area is 211 Å². The normalized spacial score (nSPS) is 21.7. The molecule has 3 aliphatic heterocycles. The van der Waals surface area contributed by atoms with Crippen LogP contribution in [0.1, 0.15) is 83.8 Å². The summed E-state index contributed by atoms with van der Waals surface area (Å²) >= 11 is 0. The molecular weight excluding hydrogens is 440 g/mol. The number of fused-ring (bicyclic) bond motifs is 2. The first kappa shape index (κ1) is 26.0. The summed E-state index contributed by atoms with van der Waals surface area (Å²) in [5, 5.41) is 11.2. The van der Waals surface area contributed by atoms with E-state index < -0.39 is 5.60 Å². The Morgan fingerprint density at radius 3 is 2.60 bits per heavy atom. The number of nitrogens with zero attached hydrogens (tertiary/aromatic N) is 2. The lowest BCUT2D eigenvalue weighted by Gasteiger charge is -2.43. The number of rotatable bonds is 8. The van der Waals surface area contributed by atoms with E-state index in [0.29, 0.717) is 44.7 Å². The first-order valence-electron chi connectivity index (χ1n) is 13.6. The fraction of sp³-hybridized carbons (Fsp3) is 0.690. The van der Waals surface area contributed by atoms with Crippen molar-refractivity contribution in [1.29, 1.82) is 0 Å². The van der Waals surface area contributed by atoms with Gasteiger partial charge >= 0.3 is 0 Å². The van der Waals surface area contributed by atoms with Gasteiger partial charge < -0.3 is 19.5 Å². The molecule has 194 valence electrons. The highest BCUT2D eigenvalue weighted by Gasteiger charge is 2.40. The van der Waals surface area contributed by atoms with Crippen molar-refractivity contribution in [3.05, 3.63) is 28.8 Å². The number of hydrogen-bond acceptors (Lipinski definition) is 5. The minimum absolute atomic E-state index is 0.148. The predicted octanol–water partition coefficient (Wildman–Crippen LogP) is 5.20. The lowest BCUT2D eigenvalue weighted by Crippen LogP contribution is -2.48. The third kappa shape index (κ3) is 5.69. The molecule has 1 fully saturated rings. The molecule has 35 heavy (non-hydrogen) atoms. The first-order chi connectivity index (χ1) is 16.7. The smallest absolute Gasteiger partial charge is 0.237 e. The Kier molecular flexibility index (Phi) is 8.12. The number of carbonyl (C=O) groups is 1. The van der Waals surface area contributed by atoms with Gasteiger partial charge in [-0.3, -0.25) is 9.69 Å². The van der Waals surface area contributed by atoms with Crippen LogP contribution in [0, 0.1) is 5.92 Å². The molecule has 4 rings (SSSR count). The number of phenols is 1. The first-order valence-corrected chi connectivity index (χ1v) is 13.6. The van der Waals surface area contributed by atoms with E-state index >= 15 is 0 Å². The molecule has 0 radical (unpaired) electrons. The molecule has 0 spiro atoms. The number of phenolic OH excluding ortho intramolecular Hbond substituents is 1. The largest absolute Gasteiger partial charge is 0.507 e. The summed E-state index contributed by atoms with van der Waals surface area (Å²) in [6, 6.07) is 4.07. The SMILES string of the molecule is CCCCCC(C)C(C)c1cc(O)c2c(c1)OC(C)(C)C1=C2CN(C(=O)CN2CCOCC2)CC1. The van der Waals surface area contributed by atoms with E-state index in [0.717, 1.165) is 42.0 Å². The summed E-state index contributed by atoms with van der Waals surface area (Å²) < 4.78 is 11.9. The Morgan fingerprint density at radius 1 is 1.14 bits per heavy atom. The molecule has 2 unspecified atom stereocenters. The van der Waals surface area contributed by atoms with Crippen molar-refractivity contribution in [2.45, 2.75) is 78.2 Å². The van der Waals surface area contributed by atoms with Crippen LogP contribution in [-0.4, -0.2) is 72.4 Å². The van der Waals surface area contributed by atoms with Crippen LogP contribution >= 0.6 is 0 Å². The van der Waals surface area contributed by atoms with Gasteiger partial charge in [-0.2, -0.15) is 0 Å². The van der Waals surface area contributed by atoms with E-state index in [1.54, 1.807) is 0 Å². The van der Waals surface area contributed by atoms with Crippen molar-refractivity contribution < 1.29 is 19.4 Å². The average molecular weight is 485 g/mol. The van der Waals surface area contributed by atoms with E-state index in [1.165, 1.54) is 31.3 Å². The molecule has 1 amide bonds. The zero-order valence-corrected chi connectivity index (χ0v) is 22.4. The van der Waals surface area contributed by atoms with Crippen molar-refractivity contribution in [2.75, 3.05) is 45.9 Å². The highest BCUT2D eigenvalue weighted by molar-refractivity contribution is 5.87. The summed E-state index contributed by atoms with van der Waals surface area (Å²) in [6.45, 7) is 15.6. The lowest BCUT2D eigenvalue weighted by molar-refractivity contribution is -0.133. The van der Waals surface area contributed by atoms with Gasteiger partial charge in [0.15, 0.2) is 0 Å². The van der Waals surface area contributed by atoms with E-state index in [4.69, 9.17) is 9.47 Å². The van der Waals surface area contributed by atoms with Gasteiger partial charge in [0.2, 0.25) is 5.91 Å². The third-order valence-electron chi connectivity index (χ3n) is 8.30. The maximum absolute atomic E-state index is 13.2. The summed E-state index contributed by atoms with van der Waals surface area (Å²) in [7, 11) is 0. The zero-order valence-electron chi connectivity index (χ0n) is 22.4. The van der Waals surface area contributed by atoms with Gasteiger partial charge in [-0.15, -0.1) is 0 Å². The van der Waals surface area contributed by atoms with Gasteiger partial charge in [0.25, 0.3) is 0 Å². The number of hydrogen-bond donors (Lipinski definition) is 1. The third-order valence-corrected chi connectivity index (χ3v) is 8.30. The number of benzene rings is 1. The predicted molar refractivity (Wildman–Crippen MR) is 140 cm³/mol. The van der Waals surface area contributed by atoms with Crippen LogP contribution in [-0.2, 0) is 9.53 Å². The van der Waals surface area contributed by atoms with E-state index in [9.17, 15) is 9.90 Å². The standard InChI is InChI=1S/C29H44N2O4/c1-6-7-8-9-20(2)21(3)22-16-25(32)28-23-18-31(27(33)19-30-12-14-34-15-13-30)11-10-24(23)29(4,5)35-26(28)17-22/h16-17,20-21,32H,6-15,18-19H2,1-5H3. The number of unbranched alkanes of at least 4 members (excludes halogenated alkanes) is 2. The average Bonchev–Trinajstić information content (AvgIpc) is 2.83. The molecule has 3 heterocycles. The summed E-state index contributed by atoms with van der Waals surface area (Å²) in [5.41, 5.74) is 3.71. The van der Waals surface area contributed by atoms with Crippen LogP contribution < -0.4 is 4.74 Å². The molecule has 1 aromatic carbocycles. The van der Waals surface area contributed by atoms with Gasteiger partial charge in [-0.1, -0.05) is 46.5 Å². The summed E-state index contributed by atoms with van der Waals surface area (Å²) in [5.74, 6) is 2.04. The van der Waals surface area contributed by atoms with Crippen LogP contribution in [0.2, 0.25) is 0 Å². The Bertz CT molecular complexity index is 948. The summed E-state index contributed by atoms with van der Waals surface area (Å²) in [6.07, 6.45) is 5.69. The van der Waals surface area contributed by atoms with Crippen molar-refractivity contribution in [3.8, 4) is 11.5 Å². The van der Waals surface area contributed by atoms with Gasteiger partial charge in [0.05, 0.1) is 25.3 Å². The Hall–Kier alpha value is -2.05. The number of amides is 1. The molecule has 2 atom stereocenters. The molecule has 0 aromatic heterocycles.